The molecule has 0 bridgehead atoms. The van der Waals surface area contributed by atoms with Crippen LogP contribution in [-0.2, 0) is 4.79 Å². The second-order valence-corrected chi connectivity index (χ2v) is 6.16. The van der Waals surface area contributed by atoms with Crippen molar-refractivity contribution in [1.29, 1.82) is 0 Å². The molecule has 2 rings (SSSR count). The van der Waals surface area contributed by atoms with Gasteiger partial charge in [0.2, 0.25) is 5.91 Å². The van der Waals surface area contributed by atoms with Crippen LogP contribution < -0.4 is 11.1 Å². The zero-order valence-corrected chi connectivity index (χ0v) is 12.4. The Hall–Kier alpha value is -1.94. The predicted octanol–water partition coefficient (Wildman–Crippen LogP) is 2.86. The molecule has 0 radical (unpaired) electrons. The Balaban J connectivity index is 2.36. The van der Waals surface area contributed by atoms with Crippen molar-refractivity contribution in [2.24, 2.45) is 11.1 Å². The highest BCUT2D eigenvalue weighted by atomic mass is 16.2. The monoisotopic (exact) mass is 271 g/mol. The molecular formula is C16H21N3O. The summed E-state index contributed by atoms with van der Waals surface area (Å²) in [5.41, 5.74) is 8.45. The molecule has 106 valence electrons. The minimum Gasteiger partial charge on any atom is -0.324 e. The molecule has 0 saturated carbocycles. The van der Waals surface area contributed by atoms with E-state index in [1.165, 1.54) is 0 Å². The van der Waals surface area contributed by atoms with Gasteiger partial charge in [-0.05, 0) is 36.1 Å². The molecule has 0 aliphatic carbocycles. The standard InChI is InChI=1S/C16H21N3O/c1-10-7-8-12(11-6-5-9-18-13(10)11)19-15(20)14(17)16(2,3)4/h5-9,14H,17H2,1-4H3,(H,19,20)/t14-/m1/s1. The number of nitrogens with zero attached hydrogens (tertiary/aromatic N) is 1. The summed E-state index contributed by atoms with van der Waals surface area (Å²) in [5, 5.41) is 3.85. The number of nitrogens with two attached hydrogens (primary N) is 1. The number of nitrogens with one attached hydrogen (secondary N) is 1. The predicted molar refractivity (Wildman–Crippen MR) is 82.5 cm³/mol. The number of aryl methyl sites for hydroxylation is 1. The van der Waals surface area contributed by atoms with Crippen LogP contribution >= 0.6 is 0 Å². The van der Waals surface area contributed by atoms with E-state index in [2.05, 4.69) is 10.3 Å². The van der Waals surface area contributed by atoms with Crippen LogP contribution in [0.1, 0.15) is 26.3 Å². The first-order valence-electron chi connectivity index (χ1n) is 6.71. The number of hydrogen-bond acceptors (Lipinski definition) is 3. The van der Waals surface area contributed by atoms with Gasteiger partial charge >= 0.3 is 0 Å². The fourth-order valence-electron chi connectivity index (χ4n) is 2.03. The van der Waals surface area contributed by atoms with Crippen molar-refractivity contribution in [3.8, 4) is 0 Å². The number of hydrogen-bond donors (Lipinski definition) is 2. The molecule has 1 amide bonds. The topological polar surface area (TPSA) is 68.0 Å². The lowest BCUT2D eigenvalue weighted by Crippen LogP contribution is -2.45. The number of fused-ring (bicyclic) bond motifs is 1. The van der Waals surface area contributed by atoms with E-state index in [0.29, 0.717) is 0 Å². The van der Waals surface area contributed by atoms with Gasteiger partial charge < -0.3 is 11.1 Å². The van der Waals surface area contributed by atoms with Crippen molar-refractivity contribution in [3.63, 3.8) is 0 Å². The summed E-state index contributed by atoms with van der Waals surface area (Å²) in [6, 6.07) is 7.10. The van der Waals surface area contributed by atoms with Gasteiger partial charge in [0, 0.05) is 11.6 Å². The number of carbonyl (C=O) groups is 1. The molecule has 20 heavy (non-hydrogen) atoms. The van der Waals surface area contributed by atoms with Crippen LogP contribution in [0.25, 0.3) is 10.9 Å². The van der Waals surface area contributed by atoms with Crippen LogP contribution in [0.2, 0.25) is 0 Å². The Bertz CT molecular complexity index is 644. The quantitative estimate of drug-likeness (QED) is 0.882. The van der Waals surface area contributed by atoms with Crippen LogP contribution in [0.4, 0.5) is 5.69 Å². The van der Waals surface area contributed by atoms with Gasteiger partial charge in [-0.1, -0.05) is 26.8 Å². The van der Waals surface area contributed by atoms with E-state index >= 15 is 0 Å². The Labute approximate surface area is 119 Å². The number of anilines is 1. The molecule has 0 aliphatic heterocycles. The van der Waals surface area contributed by atoms with Crippen molar-refractivity contribution in [2.75, 3.05) is 5.32 Å². The highest BCUT2D eigenvalue weighted by Gasteiger charge is 2.27. The molecule has 4 nitrogen and oxygen atoms in total. The number of aromatic nitrogens is 1. The molecule has 0 unspecified atom stereocenters. The molecule has 0 spiro atoms. The van der Waals surface area contributed by atoms with E-state index in [9.17, 15) is 4.79 Å². The van der Waals surface area contributed by atoms with Gasteiger partial charge in [-0.15, -0.1) is 0 Å². The maximum atomic E-state index is 12.2. The lowest BCUT2D eigenvalue weighted by Gasteiger charge is -2.26. The van der Waals surface area contributed by atoms with Gasteiger partial charge in [0.05, 0.1) is 17.2 Å². The molecular weight excluding hydrogens is 250 g/mol. The molecule has 0 saturated heterocycles. The summed E-state index contributed by atoms with van der Waals surface area (Å²) in [6.45, 7) is 7.85. The lowest BCUT2D eigenvalue weighted by atomic mass is 9.87. The Morgan fingerprint density at radius 3 is 2.65 bits per heavy atom. The average Bonchev–Trinajstić information content (AvgIpc) is 2.40. The first-order chi connectivity index (χ1) is 9.30. The van der Waals surface area contributed by atoms with Gasteiger partial charge in [0.1, 0.15) is 0 Å². The van der Waals surface area contributed by atoms with Crippen molar-refractivity contribution in [2.45, 2.75) is 33.7 Å². The van der Waals surface area contributed by atoms with Crippen molar-refractivity contribution in [3.05, 3.63) is 36.0 Å². The third-order valence-electron chi connectivity index (χ3n) is 3.44. The minimum absolute atomic E-state index is 0.175. The summed E-state index contributed by atoms with van der Waals surface area (Å²) in [7, 11) is 0. The normalized spacial score (nSPS) is 13.2. The Morgan fingerprint density at radius 1 is 1.30 bits per heavy atom. The fourth-order valence-corrected chi connectivity index (χ4v) is 2.03. The van der Waals surface area contributed by atoms with Crippen LogP contribution in [0, 0.1) is 12.3 Å². The van der Waals surface area contributed by atoms with E-state index < -0.39 is 6.04 Å². The van der Waals surface area contributed by atoms with E-state index in [1.54, 1.807) is 6.20 Å². The molecule has 1 aromatic carbocycles. The summed E-state index contributed by atoms with van der Waals surface area (Å²) in [6.07, 6.45) is 1.75. The Morgan fingerprint density at radius 2 is 2.00 bits per heavy atom. The second kappa shape index (κ2) is 5.21. The average molecular weight is 271 g/mol. The SMILES string of the molecule is Cc1ccc(NC(=O)[C@@H](N)C(C)(C)C)c2cccnc12. The summed E-state index contributed by atoms with van der Waals surface area (Å²) in [4.78, 5) is 16.6. The zero-order valence-electron chi connectivity index (χ0n) is 12.4. The molecule has 1 heterocycles. The number of benzene rings is 1. The number of carbonyl (C=O) groups excluding carboxylic acids is 1. The fraction of sp³-hybridized carbons (Fsp3) is 0.375. The first-order valence-corrected chi connectivity index (χ1v) is 6.71. The second-order valence-electron chi connectivity index (χ2n) is 6.16. The van der Waals surface area contributed by atoms with Crippen LogP contribution in [-0.4, -0.2) is 16.9 Å². The van der Waals surface area contributed by atoms with Crippen molar-refractivity contribution < 1.29 is 4.79 Å². The van der Waals surface area contributed by atoms with Gasteiger partial charge in [-0.25, -0.2) is 0 Å². The number of pyridine rings is 1. The van der Waals surface area contributed by atoms with Gasteiger partial charge in [0.15, 0.2) is 0 Å². The molecule has 0 aliphatic rings. The van der Waals surface area contributed by atoms with E-state index in [0.717, 1.165) is 22.2 Å². The van der Waals surface area contributed by atoms with E-state index in [4.69, 9.17) is 5.73 Å². The lowest BCUT2D eigenvalue weighted by molar-refractivity contribution is -0.119. The molecule has 2 aromatic rings. The molecule has 0 fully saturated rings. The van der Waals surface area contributed by atoms with E-state index in [1.807, 2.05) is 52.0 Å². The van der Waals surface area contributed by atoms with Crippen LogP contribution in [0.5, 0.6) is 0 Å². The molecule has 4 heteroatoms. The van der Waals surface area contributed by atoms with Crippen LogP contribution in [0.15, 0.2) is 30.5 Å². The van der Waals surface area contributed by atoms with Gasteiger partial charge in [-0.2, -0.15) is 0 Å². The Kier molecular flexibility index (Phi) is 3.77. The van der Waals surface area contributed by atoms with Gasteiger partial charge in [-0.3, -0.25) is 9.78 Å². The van der Waals surface area contributed by atoms with Gasteiger partial charge in [0.25, 0.3) is 0 Å². The number of amides is 1. The van der Waals surface area contributed by atoms with Crippen molar-refractivity contribution in [1.82, 2.24) is 4.98 Å². The molecule has 1 aromatic heterocycles. The third-order valence-corrected chi connectivity index (χ3v) is 3.44. The maximum absolute atomic E-state index is 12.2. The molecule has 3 N–H and O–H groups in total. The van der Waals surface area contributed by atoms with Crippen molar-refractivity contribution >= 4 is 22.5 Å². The highest BCUT2D eigenvalue weighted by molar-refractivity contribution is 6.03. The van der Waals surface area contributed by atoms with E-state index in [-0.39, 0.29) is 11.3 Å². The zero-order chi connectivity index (χ0) is 14.9. The maximum Gasteiger partial charge on any atom is 0.241 e. The number of rotatable bonds is 2. The largest absolute Gasteiger partial charge is 0.324 e. The summed E-state index contributed by atoms with van der Waals surface area (Å²) in [5.74, 6) is -0.175. The highest BCUT2D eigenvalue weighted by Crippen LogP contribution is 2.26. The minimum atomic E-state index is -0.560. The smallest absolute Gasteiger partial charge is 0.241 e. The third kappa shape index (κ3) is 2.80. The first kappa shape index (κ1) is 14.5. The molecule has 1 atom stereocenters. The summed E-state index contributed by atoms with van der Waals surface area (Å²) >= 11 is 0. The van der Waals surface area contributed by atoms with Crippen LogP contribution in [0.3, 0.4) is 0 Å². The summed E-state index contributed by atoms with van der Waals surface area (Å²) < 4.78 is 0.